The van der Waals surface area contributed by atoms with Crippen molar-refractivity contribution in [3.8, 4) is 6.07 Å². The quantitative estimate of drug-likeness (QED) is 0.745. The van der Waals surface area contributed by atoms with E-state index in [1.165, 1.54) is 0 Å². The van der Waals surface area contributed by atoms with E-state index in [1.54, 1.807) is 9.13 Å². The monoisotopic (exact) mass is 205 g/mol. The van der Waals surface area contributed by atoms with Crippen LogP contribution in [0.2, 0.25) is 0 Å². The second kappa shape index (κ2) is 3.58. The summed E-state index contributed by atoms with van der Waals surface area (Å²) in [5.41, 5.74) is 0.139. The summed E-state index contributed by atoms with van der Waals surface area (Å²) in [5, 5.41) is 8.70. The number of aryl methyl sites for hydroxylation is 1. The van der Waals surface area contributed by atoms with Crippen molar-refractivity contribution < 1.29 is 0 Å². The first-order chi connectivity index (χ1) is 7.21. The number of hydrogen-bond donors (Lipinski definition) is 0. The molecule has 15 heavy (non-hydrogen) atoms. The Bertz CT molecular complexity index is 445. The van der Waals surface area contributed by atoms with Gasteiger partial charge < -0.3 is 0 Å². The summed E-state index contributed by atoms with van der Waals surface area (Å²) in [6, 6.07) is 2.21. The topological polar surface area (TPSA) is 50.7 Å². The summed E-state index contributed by atoms with van der Waals surface area (Å²) in [4.78, 5) is 11.8. The highest BCUT2D eigenvalue weighted by Crippen LogP contribution is 2.49. The molecule has 4 nitrogen and oxygen atoms in total. The van der Waals surface area contributed by atoms with Crippen molar-refractivity contribution in [2.75, 3.05) is 0 Å². The summed E-state index contributed by atoms with van der Waals surface area (Å²) in [6.45, 7) is 3.36. The Morgan fingerprint density at radius 2 is 2.13 bits per heavy atom. The van der Waals surface area contributed by atoms with Gasteiger partial charge in [0.1, 0.15) is 0 Å². The molecule has 80 valence electrons. The van der Waals surface area contributed by atoms with Gasteiger partial charge in [-0.3, -0.25) is 9.13 Å². The average Bonchev–Trinajstić information content (AvgIpc) is 2.88. The van der Waals surface area contributed by atoms with E-state index in [2.05, 4.69) is 6.07 Å². The molecule has 0 saturated heterocycles. The van der Waals surface area contributed by atoms with E-state index in [9.17, 15) is 4.79 Å². The standard InChI is InChI=1S/C11H15N3O/c1-2-13-7-8-14(10(13)15)9-11(3-4-11)5-6-12/h7-8H,2-5,9H2,1H3. The Labute approximate surface area is 88.7 Å². The van der Waals surface area contributed by atoms with Gasteiger partial charge in [-0.05, 0) is 19.8 Å². The summed E-state index contributed by atoms with van der Waals surface area (Å²) < 4.78 is 3.41. The predicted octanol–water partition coefficient (Wildman–Crippen LogP) is 1.36. The van der Waals surface area contributed by atoms with E-state index in [4.69, 9.17) is 5.26 Å². The molecule has 4 heteroatoms. The smallest absolute Gasteiger partial charge is 0.300 e. The van der Waals surface area contributed by atoms with Crippen molar-refractivity contribution in [3.63, 3.8) is 0 Å². The molecule has 2 rings (SSSR count). The van der Waals surface area contributed by atoms with Gasteiger partial charge in [0, 0.05) is 37.3 Å². The molecule has 0 aromatic carbocycles. The third-order valence-electron chi connectivity index (χ3n) is 3.18. The molecule has 0 spiro atoms. The second-order valence-electron chi connectivity index (χ2n) is 4.33. The van der Waals surface area contributed by atoms with E-state index in [0.29, 0.717) is 19.5 Å². The van der Waals surface area contributed by atoms with E-state index in [0.717, 1.165) is 12.8 Å². The van der Waals surface area contributed by atoms with Crippen LogP contribution in [0.15, 0.2) is 17.2 Å². The molecule has 0 N–H and O–H groups in total. The van der Waals surface area contributed by atoms with Gasteiger partial charge in [0.15, 0.2) is 0 Å². The summed E-state index contributed by atoms with van der Waals surface area (Å²) >= 11 is 0. The van der Waals surface area contributed by atoms with Crippen LogP contribution in [0.25, 0.3) is 0 Å². The molecule has 0 radical (unpaired) electrons. The zero-order chi connectivity index (χ0) is 10.9. The molecule has 0 aliphatic heterocycles. The number of nitrogens with zero attached hydrogens (tertiary/aromatic N) is 3. The van der Waals surface area contributed by atoms with Crippen LogP contribution in [0.3, 0.4) is 0 Å². The highest BCUT2D eigenvalue weighted by molar-refractivity contribution is 5.00. The first kappa shape index (κ1) is 10.0. The molecular weight excluding hydrogens is 190 g/mol. The minimum absolute atomic E-state index is 0.0433. The second-order valence-corrected chi connectivity index (χ2v) is 4.33. The fourth-order valence-corrected chi connectivity index (χ4v) is 1.91. The Hall–Kier alpha value is -1.50. The van der Waals surface area contributed by atoms with Gasteiger partial charge in [-0.15, -0.1) is 0 Å². The van der Waals surface area contributed by atoms with Crippen molar-refractivity contribution in [2.24, 2.45) is 5.41 Å². The Kier molecular flexibility index (Phi) is 2.39. The van der Waals surface area contributed by atoms with Gasteiger partial charge in [0.05, 0.1) is 6.07 Å². The normalized spacial score (nSPS) is 17.3. The van der Waals surface area contributed by atoms with Gasteiger partial charge in [0.2, 0.25) is 0 Å². The number of nitriles is 1. The minimum atomic E-state index is 0.0433. The summed E-state index contributed by atoms with van der Waals surface area (Å²) in [6.07, 6.45) is 6.35. The third kappa shape index (κ3) is 1.82. The third-order valence-corrected chi connectivity index (χ3v) is 3.18. The maximum absolute atomic E-state index is 11.8. The van der Waals surface area contributed by atoms with Crippen LogP contribution in [0.4, 0.5) is 0 Å². The van der Waals surface area contributed by atoms with Gasteiger partial charge in [-0.2, -0.15) is 5.26 Å². The number of aromatic nitrogens is 2. The van der Waals surface area contributed by atoms with Crippen LogP contribution in [-0.4, -0.2) is 9.13 Å². The molecule has 1 aliphatic rings. The van der Waals surface area contributed by atoms with E-state index in [1.807, 2.05) is 19.3 Å². The van der Waals surface area contributed by atoms with Crippen LogP contribution in [-0.2, 0) is 13.1 Å². The van der Waals surface area contributed by atoms with Crippen molar-refractivity contribution in [1.29, 1.82) is 5.26 Å². The Balaban J connectivity index is 2.15. The van der Waals surface area contributed by atoms with Crippen LogP contribution >= 0.6 is 0 Å². The van der Waals surface area contributed by atoms with Gasteiger partial charge in [-0.25, -0.2) is 4.79 Å². The molecular formula is C11H15N3O. The van der Waals surface area contributed by atoms with Crippen molar-refractivity contribution in [2.45, 2.75) is 39.3 Å². The van der Waals surface area contributed by atoms with Crippen molar-refractivity contribution >= 4 is 0 Å². The van der Waals surface area contributed by atoms with Gasteiger partial charge in [0.25, 0.3) is 0 Å². The first-order valence-electron chi connectivity index (χ1n) is 5.33. The lowest BCUT2D eigenvalue weighted by molar-refractivity contribution is 0.420. The van der Waals surface area contributed by atoms with E-state index >= 15 is 0 Å². The molecule has 1 aromatic heterocycles. The highest BCUT2D eigenvalue weighted by atomic mass is 16.1. The summed E-state index contributed by atoms with van der Waals surface area (Å²) in [5.74, 6) is 0. The average molecular weight is 205 g/mol. The summed E-state index contributed by atoms with van der Waals surface area (Å²) in [7, 11) is 0. The molecule has 0 amide bonds. The van der Waals surface area contributed by atoms with Crippen LogP contribution < -0.4 is 5.69 Å². The molecule has 1 aromatic rings. The number of imidazole rings is 1. The molecule has 1 fully saturated rings. The largest absolute Gasteiger partial charge is 0.328 e. The van der Waals surface area contributed by atoms with Gasteiger partial charge in [-0.1, -0.05) is 0 Å². The fraction of sp³-hybridized carbons (Fsp3) is 0.636. The van der Waals surface area contributed by atoms with Crippen molar-refractivity contribution in [3.05, 3.63) is 22.9 Å². The molecule has 0 bridgehead atoms. The van der Waals surface area contributed by atoms with E-state index in [-0.39, 0.29) is 11.1 Å². The van der Waals surface area contributed by atoms with Crippen LogP contribution in [0.1, 0.15) is 26.2 Å². The van der Waals surface area contributed by atoms with Crippen molar-refractivity contribution in [1.82, 2.24) is 9.13 Å². The minimum Gasteiger partial charge on any atom is -0.300 e. The molecule has 1 heterocycles. The SMILES string of the molecule is CCn1ccn(CC2(CC#N)CC2)c1=O. The molecule has 0 unspecified atom stereocenters. The van der Waals surface area contributed by atoms with Gasteiger partial charge >= 0.3 is 5.69 Å². The highest BCUT2D eigenvalue weighted by Gasteiger charge is 2.42. The zero-order valence-electron chi connectivity index (χ0n) is 8.94. The van der Waals surface area contributed by atoms with E-state index < -0.39 is 0 Å². The lowest BCUT2D eigenvalue weighted by atomic mass is 10.0. The van der Waals surface area contributed by atoms with Crippen LogP contribution in [0.5, 0.6) is 0 Å². The molecule has 1 aliphatic carbocycles. The lowest BCUT2D eigenvalue weighted by Crippen LogP contribution is -2.26. The molecule has 1 saturated carbocycles. The fourth-order valence-electron chi connectivity index (χ4n) is 1.91. The zero-order valence-corrected chi connectivity index (χ0v) is 8.94. The van der Waals surface area contributed by atoms with Crippen LogP contribution in [0, 0.1) is 16.7 Å². The number of rotatable bonds is 4. The maximum Gasteiger partial charge on any atom is 0.328 e. The predicted molar refractivity (Wildman–Crippen MR) is 56.3 cm³/mol. The maximum atomic E-state index is 11.8. The number of hydrogen-bond acceptors (Lipinski definition) is 2. The first-order valence-corrected chi connectivity index (χ1v) is 5.33. The lowest BCUT2D eigenvalue weighted by Gasteiger charge is -2.10. The Morgan fingerprint density at radius 1 is 1.47 bits per heavy atom. The molecule has 0 atom stereocenters. The Morgan fingerprint density at radius 3 is 2.60 bits per heavy atom.